The van der Waals surface area contributed by atoms with E-state index in [1.54, 1.807) is 11.8 Å². The third-order valence-corrected chi connectivity index (χ3v) is 7.71. The van der Waals surface area contributed by atoms with Crippen LogP contribution < -0.4 is 9.47 Å². The number of amides is 2. The van der Waals surface area contributed by atoms with Gasteiger partial charge in [0.15, 0.2) is 11.5 Å². The molecule has 0 unspecified atom stereocenters. The lowest BCUT2D eigenvalue weighted by Gasteiger charge is -2.48. The summed E-state index contributed by atoms with van der Waals surface area (Å²) in [5.74, 6) is 0.400. The van der Waals surface area contributed by atoms with Gasteiger partial charge in [0.25, 0.3) is 0 Å². The molecule has 2 amide bonds. The minimum Gasteiger partial charge on any atom is -0.465 e. The molecule has 0 bridgehead atoms. The lowest BCUT2D eigenvalue weighted by atomic mass is 9.66. The van der Waals surface area contributed by atoms with Crippen LogP contribution in [0.15, 0.2) is 30.0 Å². The summed E-state index contributed by atoms with van der Waals surface area (Å²) in [6.45, 7) is 4.05. The zero-order valence-electron chi connectivity index (χ0n) is 20.4. The van der Waals surface area contributed by atoms with Crippen molar-refractivity contribution in [1.29, 1.82) is 0 Å². The van der Waals surface area contributed by atoms with Gasteiger partial charge in [0, 0.05) is 31.1 Å². The van der Waals surface area contributed by atoms with E-state index in [0.717, 1.165) is 56.5 Å². The first-order valence-corrected chi connectivity index (χ1v) is 12.9. The Kier molecular flexibility index (Phi) is 6.71. The summed E-state index contributed by atoms with van der Waals surface area (Å²) in [7, 11) is 0. The van der Waals surface area contributed by atoms with Gasteiger partial charge in [0.1, 0.15) is 5.41 Å². The number of hydrogen-bond acceptors (Lipinski definition) is 6. The van der Waals surface area contributed by atoms with E-state index in [9.17, 15) is 14.4 Å². The van der Waals surface area contributed by atoms with Gasteiger partial charge in [-0.2, -0.15) is 0 Å². The fraction of sp³-hybridized carbons (Fsp3) is 0.593. The van der Waals surface area contributed by atoms with Gasteiger partial charge in [0.05, 0.1) is 13.2 Å². The Labute approximate surface area is 206 Å². The van der Waals surface area contributed by atoms with Crippen LogP contribution in [0.3, 0.4) is 0 Å². The normalized spacial score (nSPS) is 25.7. The fourth-order valence-electron chi connectivity index (χ4n) is 5.98. The summed E-state index contributed by atoms with van der Waals surface area (Å²) in [5, 5.41) is 0. The largest absolute Gasteiger partial charge is 0.465 e. The van der Waals surface area contributed by atoms with Crippen molar-refractivity contribution in [2.45, 2.75) is 64.8 Å². The fourth-order valence-corrected chi connectivity index (χ4v) is 5.98. The van der Waals surface area contributed by atoms with Crippen LogP contribution in [-0.4, -0.2) is 54.1 Å². The number of allylic oxidation sites excluding steroid dienone is 1. The molecule has 0 spiro atoms. The molecule has 5 rings (SSSR count). The molecule has 1 aromatic carbocycles. The second-order valence-corrected chi connectivity index (χ2v) is 9.94. The third-order valence-electron chi connectivity index (χ3n) is 7.71. The molecule has 188 valence electrons. The molecule has 0 N–H and O–H groups in total. The minimum absolute atomic E-state index is 0.00771. The van der Waals surface area contributed by atoms with Crippen molar-refractivity contribution in [2.24, 2.45) is 11.3 Å². The number of piperidine rings is 2. The van der Waals surface area contributed by atoms with Crippen LogP contribution in [-0.2, 0) is 25.7 Å². The number of esters is 1. The van der Waals surface area contributed by atoms with Gasteiger partial charge in [-0.1, -0.05) is 12.1 Å². The topological polar surface area (TPSA) is 85.4 Å². The van der Waals surface area contributed by atoms with Gasteiger partial charge in [-0.25, -0.2) is 0 Å². The monoisotopic (exact) mass is 482 g/mol. The van der Waals surface area contributed by atoms with Crippen molar-refractivity contribution in [1.82, 2.24) is 9.80 Å². The van der Waals surface area contributed by atoms with Gasteiger partial charge < -0.3 is 24.0 Å². The van der Waals surface area contributed by atoms with Crippen molar-refractivity contribution in [2.75, 3.05) is 26.5 Å². The molecule has 2 fully saturated rings. The summed E-state index contributed by atoms with van der Waals surface area (Å²) < 4.78 is 16.5. The van der Waals surface area contributed by atoms with Crippen molar-refractivity contribution in [3.05, 3.63) is 35.5 Å². The third kappa shape index (κ3) is 4.50. The molecule has 2 atom stereocenters. The lowest BCUT2D eigenvalue weighted by molar-refractivity contribution is -0.163. The Hall–Kier alpha value is -3.03. The molecular weight excluding hydrogens is 448 g/mol. The highest BCUT2D eigenvalue weighted by Gasteiger charge is 2.54. The zero-order chi connectivity index (χ0) is 24.4. The molecule has 4 aliphatic rings. The summed E-state index contributed by atoms with van der Waals surface area (Å²) in [4.78, 5) is 44.0. The highest BCUT2D eigenvalue weighted by Crippen LogP contribution is 2.50. The van der Waals surface area contributed by atoms with E-state index in [1.165, 1.54) is 0 Å². The number of carbonyl (C=O) groups excluding carboxylic acids is 3. The summed E-state index contributed by atoms with van der Waals surface area (Å²) in [5.41, 5.74) is 0.715. The van der Waals surface area contributed by atoms with Gasteiger partial charge in [-0.15, -0.1) is 0 Å². The molecule has 35 heavy (non-hydrogen) atoms. The van der Waals surface area contributed by atoms with Gasteiger partial charge in [-0.3, -0.25) is 14.4 Å². The summed E-state index contributed by atoms with van der Waals surface area (Å²) in [6.07, 6.45) is 7.89. The number of likely N-dealkylation sites (tertiary alicyclic amines) is 2. The Morgan fingerprint density at radius 2 is 1.91 bits per heavy atom. The summed E-state index contributed by atoms with van der Waals surface area (Å²) >= 11 is 0. The molecule has 3 heterocycles. The quantitative estimate of drug-likeness (QED) is 0.574. The van der Waals surface area contributed by atoms with Crippen LogP contribution >= 0.6 is 0 Å². The molecule has 8 nitrogen and oxygen atoms in total. The van der Waals surface area contributed by atoms with Crippen LogP contribution in [0.5, 0.6) is 11.5 Å². The minimum atomic E-state index is -0.897. The SMILES string of the molecule is CCOC(=O)[C@]12CCCC=C1N(Cc1ccc3c(c1)OCO3)C(=O)[C@H](CC(=O)N1CCCCC1)C2. The first-order valence-electron chi connectivity index (χ1n) is 12.9. The Morgan fingerprint density at radius 3 is 2.71 bits per heavy atom. The maximum absolute atomic E-state index is 13.9. The van der Waals surface area contributed by atoms with Crippen LogP contribution in [0.4, 0.5) is 0 Å². The number of hydrogen-bond donors (Lipinski definition) is 0. The molecule has 0 aromatic heterocycles. The van der Waals surface area contributed by atoms with Gasteiger partial charge in [0.2, 0.25) is 18.6 Å². The van der Waals surface area contributed by atoms with Crippen molar-refractivity contribution < 1.29 is 28.6 Å². The molecule has 1 aliphatic carbocycles. The van der Waals surface area contributed by atoms with E-state index in [2.05, 4.69) is 0 Å². The number of benzene rings is 1. The number of ether oxygens (including phenoxy) is 3. The van der Waals surface area contributed by atoms with E-state index in [4.69, 9.17) is 14.2 Å². The van der Waals surface area contributed by atoms with E-state index in [1.807, 2.05) is 29.2 Å². The zero-order valence-corrected chi connectivity index (χ0v) is 20.4. The van der Waals surface area contributed by atoms with Crippen LogP contribution in [0.2, 0.25) is 0 Å². The molecule has 1 aromatic rings. The van der Waals surface area contributed by atoms with Gasteiger partial charge >= 0.3 is 5.97 Å². The van der Waals surface area contributed by atoms with E-state index in [0.29, 0.717) is 30.9 Å². The first kappa shape index (κ1) is 23.7. The number of nitrogens with zero attached hydrogens (tertiary/aromatic N) is 2. The highest BCUT2D eigenvalue weighted by molar-refractivity contribution is 5.92. The van der Waals surface area contributed by atoms with Gasteiger partial charge in [-0.05, 0) is 69.6 Å². The number of rotatable bonds is 6. The van der Waals surface area contributed by atoms with E-state index < -0.39 is 11.3 Å². The van der Waals surface area contributed by atoms with Crippen molar-refractivity contribution in [3.8, 4) is 11.5 Å². The summed E-state index contributed by atoms with van der Waals surface area (Å²) in [6, 6.07) is 5.64. The van der Waals surface area contributed by atoms with E-state index in [-0.39, 0.29) is 37.6 Å². The van der Waals surface area contributed by atoms with Crippen molar-refractivity contribution >= 4 is 17.8 Å². The van der Waals surface area contributed by atoms with Crippen molar-refractivity contribution in [3.63, 3.8) is 0 Å². The molecular formula is C27H34N2O6. The molecule has 8 heteroatoms. The molecule has 0 radical (unpaired) electrons. The molecule has 3 aliphatic heterocycles. The Balaban J connectivity index is 1.46. The van der Waals surface area contributed by atoms with E-state index >= 15 is 0 Å². The molecule has 0 saturated carbocycles. The Bertz CT molecular complexity index is 1030. The van der Waals surface area contributed by atoms with Crippen LogP contribution in [0.1, 0.15) is 63.9 Å². The van der Waals surface area contributed by atoms with Crippen LogP contribution in [0.25, 0.3) is 0 Å². The second-order valence-electron chi connectivity index (χ2n) is 9.94. The predicted molar refractivity (Wildman–Crippen MR) is 127 cm³/mol. The maximum Gasteiger partial charge on any atom is 0.318 e. The second kappa shape index (κ2) is 9.91. The first-order chi connectivity index (χ1) is 17.0. The average molecular weight is 483 g/mol. The maximum atomic E-state index is 13.9. The lowest BCUT2D eigenvalue weighted by Crippen LogP contribution is -2.54. The predicted octanol–water partition coefficient (Wildman–Crippen LogP) is 3.78. The average Bonchev–Trinajstić information content (AvgIpc) is 3.35. The highest BCUT2D eigenvalue weighted by atomic mass is 16.7. The standard InChI is InChI=1S/C27H34N2O6/c1-2-33-26(32)27-11-5-4-8-23(27)29(17-19-9-10-21-22(14-19)35-18-34-21)25(31)20(16-27)15-24(30)28-12-6-3-7-13-28/h8-10,14,20H,2-7,11-13,15-18H2,1H3/t20-,27+/m1/s1. The molecule has 2 saturated heterocycles. The Morgan fingerprint density at radius 1 is 1.11 bits per heavy atom. The number of carbonyl (C=O) groups is 3. The smallest absolute Gasteiger partial charge is 0.318 e. The van der Waals surface area contributed by atoms with Crippen LogP contribution in [0, 0.1) is 11.3 Å². The number of fused-ring (bicyclic) bond motifs is 2.